The molecule has 13 heavy (non-hydrogen) atoms. The van der Waals surface area contributed by atoms with E-state index in [1.165, 1.54) is 12.2 Å². The van der Waals surface area contributed by atoms with Gasteiger partial charge < -0.3 is 5.11 Å². The van der Waals surface area contributed by atoms with Gasteiger partial charge in [-0.3, -0.25) is 0 Å². The zero-order chi connectivity index (χ0) is 10.3. The second-order valence-electron chi connectivity index (χ2n) is 4.49. The van der Waals surface area contributed by atoms with E-state index in [1.807, 2.05) is 11.8 Å². The zero-order valence-electron chi connectivity index (χ0n) is 9.42. The molecule has 0 rings (SSSR count). The summed E-state index contributed by atoms with van der Waals surface area (Å²) in [5.74, 6) is 2.67. The van der Waals surface area contributed by atoms with E-state index in [4.69, 9.17) is 5.11 Å². The maximum atomic E-state index is 9.12. The van der Waals surface area contributed by atoms with Crippen molar-refractivity contribution in [1.29, 1.82) is 0 Å². The highest BCUT2D eigenvalue weighted by molar-refractivity contribution is 7.99. The van der Waals surface area contributed by atoms with Crippen LogP contribution in [0.2, 0.25) is 0 Å². The van der Waals surface area contributed by atoms with E-state index in [0.717, 1.165) is 12.3 Å². The molecule has 0 aliphatic carbocycles. The molecule has 0 spiro atoms. The van der Waals surface area contributed by atoms with Crippen molar-refractivity contribution in [2.24, 2.45) is 11.8 Å². The summed E-state index contributed by atoms with van der Waals surface area (Å²) in [5, 5.41) is 9.58. The van der Waals surface area contributed by atoms with Crippen molar-refractivity contribution in [2.75, 3.05) is 12.4 Å². The average molecular weight is 204 g/mol. The molecule has 0 amide bonds. The summed E-state index contributed by atoms with van der Waals surface area (Å²) in [6.07, 6.45) is 2.40. The van der Waals surface area contributed by atoms with Crippen molar-refractivity contribution in [3.8, 4) is 0 Å². The maximum Gasteiger partial charge on any atom is 0.0550 e. The number of thioether (sulfide) groups is 1. The first kappa shape index (κ1) is 13.3. The smallest absolute Gasteiger partial charge is 0.0550 e. The van der Waals surface area contributed by atoms with E-state index in [-0.39, 0.29) is 0 Å². The summed E-state index contributed by atoms with van der Waals surface area (Å²) < 4.78 is 0. The monoisotopic (exact) mass is 204 g/mol. The summed E-state index contributed by atoms with van der Waals surface area (Å²) in [7, 11) is 0. The van der Waals surface area contributed by atoms with Crippen molar-refractivity contribution in [3.05, 3.63) is 0 Å². The molecule has 0 aromatic carbocycles. The first-order valence-electron chi connectivity index (χ1n) is 5.28. The van der Waals surface area contributed by atoms with Crippen LogP contribution < -0.4 is 0 Å². The Hall–Kier alpha value is 0.310. The van der Waals surface area contributed by atoms with Crippen LogP contribution in [0.25, 0.3) is 0 Å². The molecule has 0 heterocycles. The molecule has 2 heteroatoms. The minimum absolute atomic E-state index is 0.334. The lowest BCUT2D eigenvalue weighted by Crippen LogP contribution is -2.12. The Bertz CT molecular complexity index is 113. The fraction of sp³-hybridized carbons (Fsp3) is 1.00. The van der Waals surface area contributed by atoms with Gasteiger partial charge in [0.15, 0.2) is 0 Å². The first-order chi connectivity index (χ1) is 6.06. The number of rotatable bonds is 7. The average Bonchev–Trinajstić information content (AvgIpc) is 2.01. The summed E-state index contributed by atoms with van der Waals surface area (Å²) >= 11 is 1.93. The minimum Gasteiger partial charge on any atom is -0.395 e. The SMILES string of the molecule is CC(C)CCSC(CO)CC(C)C. The van der Waals surface area contributed by atoms with Gasteiger partial charge in [-0.05, 0) is 30.4 Å². The van der Waals surface area contributed by atoms with Crippen molar-refractivity contribution < 1.29 is 5.11 Å². The molecule has 0 bridgehead atoms. The zero-order valence-corrected chi connectivity index (χ0v) is 10.2. The third-order valence-corrected chi connectivity index (χ3v) is 3.27. The summed E-state index contributed by atoms with van der Waals surface area (Å²) in [4.78, 5) is 0. The largest absolute Gasteiger partial charge is 0.395 e. The molecule has 1 atom stereocenters. The normalized spacial score (nSPS) is 14.1. The lowest BCUT2D eigenvalue weighted by molar-refractivity contribution is 0.282. The second kappa shape index (κ2) is 7.69. The van der Waals surface area contributed by atoms with Gasteiger partial charge in [0.25, 0.3) is 0 Å². The summed E-state index contributed by atoms with van der Waals surface area (Å²) in [6, 6.07) is 0. The van der Waals surface area contributed by atoms with Crippen LogP contribution in [0.5, 0.6) is 0 Å². The third-order valence-electron chi connectivity index (χ3n) is 1.99. The molecule has 0 aromatic rings. The number of aliphatic hydroxyl groups excluding tert-OH is 1. The van der Waals surface area contributed by atoms with E-state index in [9.17, 15) is 0 Å². The highest BCUT2D eigenvalue weighted by Crippen LogP contribution is 2.20. The highest BCUT2D eigenvalue weighted by atomic mass is 32.2. The molecular weight excluding hydrogens is 180 g/mol. The van der Waals surface area contributed by atoms with Gasteiger partial charge in [-0.15, -0.1) is 0 Å². The van der Waals surface area contributed by atoms with E-state index in [1.54, 1.807) is 0 Å². The molecule has 0 aliphatic heterocycles. The summed E-state index contributed by atoms with van der Waals surface area (Å²) in [5.41, 5.74) is 0. The third kappa shape index (κ3) is 8.63. The molecule has 0 aliphatic rings. The van der Waals surface area contributed by atoms with Crippen molar-refractivity contribution in [3.63, 3.8) is 0 Å². The van der Waals surface area contributed by atoms with Gasteiger partial charge in [-0.2, -0.15) is 11.8 Å². The molecule has 1 unspecified atom stereocenters. The van der Waals surface area contributed by atoms with Crippen molar-refractivity contribution in [1.82, 2.24) is 0 Å². The van der Waals surface area contributed by atoms with E-state index < -0.39 is 0 Å². The maximum absolute atomic E-state index is 9.12. The number of aliphatic hydroxyl groups is 1. The molecule has 1 nitrogen and oxygen atoms in total. The van der Waals surface area contributed by atoms with Gasteiger partial charge in [0.05, 0.1) is 6.61 Å². The highest BCUT2D eigenvalue weighted by Gasteiger charge is 2.09. The lowest BCUT2D eigenvalue weighted by atomic mass is 10.1. The topological polar surface area (TPSA) is 20.2 Å². The van der Waals surface area contributed by atoms with Gasteiger partial charge in [0, 0.05) is 5.25 Å². The lowest BCUT2D eigenvalue weighted by Gasteiger charge is -2.16. The van der Waals surface area contributed by atoms with Crippen molar-refractivity contribution in [2.45, 2.75) is 45.8 Å². The van der Waals surface area contributed by atoms with Crippen LogP contribution in [-0.2, 0) is 0 Å². The van der Waals surface area contributed by atoms with Gasteiger partial charge in [-0.25, -0.2) is 0 Å². The molecular formula is C11H24OS. The van der Waals surface area contributed by atoms with Crippen LogP contribution in [0.15, 0.2) is 0 Å². The van der Waals surface area contributed by atoms with Gasteiger partial charge in [-0.1, -0.05) is 27.7 Å². The molecule has 1 N–H and O–H groups in total. The second-order valence-corrected chi connectivity index (χ2v) is 5.90. The fourth-order valence-corrected chi connectivity index (χ4v) is 2.76. The number of hydrogen-bond acceptors (Lipinski definition) is 2. The summed E-state index contributed by atoms with van der Waals surface area (Å²) in [6.45, 7) is 9.26. The molecule has 80 valence electrons. The Balaban J connectivity index is 3.48. The van der Waals surface area contributed by atoms with Gasteiger partial charge in [0.2, 0.25) is 0 Å². The van der Waals surface area contributed by atoms with E-state index >= 15 is 0 Å². The molecule has 0 radical (unpaired) electrons. The van der Waals surface area contributed by atoms with E-state index in [0.29, 0.717) is 17.8 Å². The Morgan fingerprint density at radius 3 is 2.08 bits per heavy atom. The predicted octanol–water partition coefficient (Wildman–Crippen LogP) is 3.17. The predicted molar refractivity (Wildman–Crippen MR) is 62.2 cm³/mol. The van der Waals surface area contributed by atoms with Crippen LogP contribution in [0.1, 0.15) is 40.5 Å². The van der Waals surface area contributed by atoms with Gasteiger partial charge >= 0.3 is 0 Å². The Kier molecular flexibility index (Phi) is 7.87. The van der Waals surface area contributed by atoms with Crippen LogP contribution in [0, 0.1) is 11.8 Å². The Morgan fingerprint density at radius 1 is 1.08 bits per heavy atom. The van der Waals surface area contributed by atoms with Gasteiger partial charge in [0.1, 0.15) is 0 Å². The first-order valence-corrected chi connectivity index (χ1v) is 6.33. The Morgan fingerprint density at radius 2 is 1.69 bits per heavy atom. The van der Waals surface area contributed by atoms with Crippen LogP contribution >= 0.6 is 11.8 Å². The minimum atomic E-state index is 0.334. The van der Waals surface area contributed by atoms with Crippen molar-refractivity contribution >= 4 is 11.8 Å². The molecule has 0 saturated carbocycles. The quantitative estimate of drug-likeness (QED) is 0.687. The Labute approximate surface area is 87.3 Å². The number of hydrogen-bond donors (Lipinski definition) is 1. The van der Waals surface area contributed by atoms with Crippen LogP contribution in [0.4, 0.5) is 0 Å². The van der Waals surface area contributed by atoms with E-state index in [2.05, 4.69) is 27.7 Å². The van der Waals surface area contributed by atoms with Crippen LogP contribution in [-0.4, -0.2) is 22.7 Å². The molecule has 0 aromatic heterocycles. The fourth-order valence-electron chi connectivity index (χ4n) is 1.19. The molecule has 0 fully saturated rings. The standard InChI is InChI=1S/C11H24OS/c1-9(2)5-6-13-11(8-12)7-10(3)4/h9-12H,5-8H2,1-4H3. The molecule has 0 saturated heterocycles. The van der Waals surface area contributed by atoms with Crippen LogP contribution in [0.3, 0.4) is 0 Å².